The number of nitrogens with zero attached hydrogens (tertiary/aromatic N) is 5. The van der Waals surface area contributed by atoms with Gasteiger partial charge in [-0.1, -0.05) is 29.8 Å². The van der Waals surface area contributed by atoms with E-state index < -0.39 is 5.82 Å². The van der Waals surface area contributed by atoms with E-state index in [1.54, 1.807) is 18.2 Å². The van der Waals surface area contributed by atoms with Crippen molar-refractivity contribution in [1.29, 1.82) is 0 Å². The number of carbonyl (C=O) groups is 1. The Balaban J connectivity index is 1.42. The maximum Gasteiger partial charge on any atom is 0.250 e. The number of halogens is 1. The number of piperidine rings is 1. The molecule has 5 rings (SSSR count). The molecule has 2 aliphatic rings. The summed E-state index contributed by atoms with van der Waals surface area (Å²) in [5.74, 6) is 0.0444. The topological polar surface area (TPSA) is 68.3 Å². The van der Waals surface area contributed by atoms with E-state index in [4.69, 9.17) is 0 Å². The fraction of sp³-hybridized carbons (Fsp3) is 0.364. The second-order valence-corrected chi connectivity index (χ2v) is 8.32. The number of likely N-dealkylation sites (tertiary alicyclic amines) is 1. The molecule has 3 unspecified atom stereocenters. The van der Waals surface area contributed by atoms with Crippen LogP contribution in [0.1, 0.15) is 23.5 Å². The lowest BCUT2D eigenvalue weighted by Crippen LogP contribution is -3.11. The number of likely N-dealkylation sites (N-methyl/N-ethyl adjacent to an activating group) is 1. The van der Waals surface area contributed by atoms with E-state index in [0.29, 0.717) is 5.92 Å². The number of amides is 1. The summed E-state index contributed by atoms with van der Waals surface area (Å²) in [5.41, 5.74) is 3.73. The van der Waals surface area contributed by atoms with Gasteiger partial charge in [-0.3, -0.25) is 4.79 Å². The van der Waals surface area contributed by atoms with Crippen molar-refractivity contribution in [3.8, 4) is 11.4 Å². The monoisotopic (exact) mass is 407 g/mol. The summed E-state index contributed by atoms with van der Waals surface area (Å²) in [4.78, 5) is 18.0. The molecule has 8 heteroatoms. The number of benzene rings is 2. The number of aromatic nitrogens is 4. The van der Waals surface area contributed by atoms with Gasteiger partial charge in [0.25, 0.3) is 5.91 Å². The standard InChI is InChI=1S/C22H23FN6O/c1-14-7-8-19-16(11-14)17-12-27(2)10-9-20(17)29(19)21(30)13-28-25-22(24-26-28)15-5-3-4-6-18(15)23/h3-8,11,17,20H,9-10,12-13H2,1-2H3/p+1. The van der Waals surface area contributed by atoms with Gasteiger partial charge in [0.05, 0.1) is 37.7 Å². The van der Waals surface area contributed by atoms with Crippen molar-refractivity contribution < 1.29 is 14.1 Å². The molecule has 154 valence electrons. The highest BCUT2D eigenvalue weighted by Crippen LogP contribution is 2.43. The first-order valence-corrected chi connectivity index (χ1v) is 10.3. The van der Waals surface area contributed by atoms with Crippen LogP contribution in [0.2, 0.25) is 0 Å². The Morgan fingerprint density at radius 3 is 2.93 bits per heavy atom. The van der Waals surface area contributed by atoms with E-state index in [0.717, 1.165) is 25.2 Å². The van der Waals surface area contributed by atoms with Gasteiger partial charge in [0.1, 0.15) is 12.4 Å². The third kappa shape index (κ3) is 3.17. The van der Waals surface area contributed by atoms with Crippen LogP contribution in [0, 0.1) is 12.7 Å². The van der Waals surface area contributed by atoms with Crippen molar-refractivity contribution in [3.05, 3.63) is 59.4 Å². The van der Waals surface area contributed by atoms with E-state index in [9.17, 15) is 9.18 Å². The van der Waals surface area contributed by atoms with Gasteiger partial charge in [0.15, 0.2) is 0 Å². The molecule has 0 bridgehead atoms. The molecule has 3 heterocycles. The summed E-state index contributed by atoms with van der Waals surface area (Å²) < 4.78 is 14.0. The summed E-state index contributed by atoms with van der Waals surface area (Å²) in [6, 6.07) is 12.8. The molecular weight excluding hydrogens is 383 g/mol. The number of rotatable bonds is 3. The van der Waals surface area contributed by atoms with E-state index in [-0.39, 0.29) is 29.9 Å². The number of fused-ring (bicyclic) bond motifs is 3. The zero-order valence-corrected chi connectivity index (χ0v) is 17.0. The van der Waals surface area contributed by atoms with Gasteiger partial charge in [-0.05, 0) is 35.9 Å². The number of tetrazole rings is 1. The lowest BCUT2D eigenvalue weighted by atomic mass is 9.89. The second kappa shape index (κ2) is 7.28. The predicted octanol–water partition coefficient (Wildman–Crippen LogP) is 1.21. The Hall–Kier alpha value is -3.13. The molecule has 0 saturated carbocycles. The molecule has 1 N–H and O–H groups in total. The molecule has 1 saturated heterocycles. The van der Waals surface area contributed by atoms with Gasteiger partial charge in [-0.25, -0.2) is 4.39 Å². The van der Waals surface area contributed by atoms with Gasteiger partial charge in [-0.2, -0.15) is 4.80 Å². The van der Waals surface area contributed by atoms with E-state index in [2.05, 4.69) is 47.6 Å². The Kier molecular flexibility index (Phi) is 4.58. The van der Waals surface area contributed by atoms with E-state index >= 15 is 0 Å². The quantitative estimate of drug-likeness (QED) is 0.709. The minimum absolute atomic E-state index is 0.0271. The molecule has 3 atom stereocenters. The maximum atomic E-state index is 14.0. The SMILES string of the molecule is Cc1ccc2c(c1)C1C[NH+](C)CCC1N2C(=O)Cn1nnc(-c2ccccc2F)n1. The lowest BCUT2D eigenvalue weighted by Gasteiger charge is -2.34. The molecule has 0 aliphatic carbocycles. The number of quaternary nitrogens is 1. The van der Waals surface area contributed by atoms with Gasteiger partial charge in [-0.15, -0.1) is 10.2 Å². The highest BCUT2D eigenvalue weighted by Gasteiger charge is 2.45. The maximum absolute atomic E-state index is 14.0. The van der Waals surface area contributed by atoms with Crippen molar-refractivity contribution in [2.24, 2.45) is 0 Å². The molecule has 0 radical (unpaired) electrons. The highest BCUT2D eigenvalue weighted by molar-refractivity contribution is 5.96. The van der Waals surface area contributed by atoms with Gasteiger partial charge < -0.3 is 9.80 Å². The first-order chi connectivity index (χ1) is 14.5. The molecule has 0 spiro atoms. The van der Waals surface area contributed by atoms with Crippen molar-refractivity contribution in [2.45, 2.75) is 31.8 Å². The Labute approximate surface area is 174 Å². The van der Waals surface area contributed by atoms with Crippen LogP contribution in [0.3, 0.4) is 0 Å². The first-order valence-electron chi connectivity index (χ1n) is 10.3. The number of aryl methyl sites for hydroxylation is 1. The molecule has 30 heavy (non-hydrogen) atoms. The number of nitrogens with one attached hydrogen (secondary N) is 1. The summed E-state index contributed by atoms with van der Waals surface area (Å²) in [5, 5.41) is 12.2. The number of hydrogen-bond donors (Lipinski definition) is 1. The number of anilines is 1. The largest absolute Gasteiger partial charge is 0.337 e. The smallest absolute Gasteiger partial charge is 0.250 e. The molecule has 1 amide bonds. The third-order valence-electron chi connectivity index (χ3n) is 6.19. The lowest BCUT2D eigenvalue weighted by molar-refractivity contribution is -0.886. The average molecular weight is 407 g/mol. The van der Waals surface area contributed by atoms with Crippen LogP contribution in [0.5, 0.6) is 0 Å². The van der Waals surface area contributed by atoms with Gasteiger partial charge in [0.2, 0.25) is 5.82 Å². The van der Waals surface area contributed by atoms with Crippen LogP contribution in [0.25, 0.3) is 11.4 Å². The molecular formula is C22H24FN6O+. The molecule has 1 fully saturated rings. The Bertz CT molecular complexity index is 1110. The van der Waals surface area contributed by atoms with Crippen LogP contribution in [0.15, 0.2) is 42.5 Å². The van der Waals surface area contributed by atoms with Crippen molar-refractivity contribution in [3.63, 3.8) is 0 Å². The molecule has 7 nitrogen and oxygen atoms in total. The van der Waals surface area contributed by atoms with Gasteiger partial charge >= 0.3 is 0 Å². The van der Waals surface area contributed by atoms with Crippen molar-refractivity contribution in [1.82, 2.24) is 20.2 Å². The third-order valence-corrected chi connectivity index (χ3v) is 6.19. The zero-order chi connectivity index (χ0) is 20.8. The Morgan fingerprint density at radius 2 is 2.10 bits per heavy atom. The fourth-order valence-electron chi connectivity index (χ4n) is 4.78. The van der Waals surface area contributed by atoms with Crippen LogP contribution >= 0.6 is 0 Å². The normalized spacial score (nSPS) is 22.6. The summed E-state index contributed by atoms with van der Waals surface area (Å²) in [6.45, 7) is 4.12. The molecule has 2 aromatic carbocycles. The summed E-state index contributed by atoms with van der Waals surface area (Å²) in [7, 11) is 2.21. The van der Waals surface area contributed by atoms with Gasteiger partial charge in [0, 0.05) is 12.1 Å². The van der Waals surface area contributed by atoms with Crippen molar-refractivity contribution in [2.75, 3.05) is 25.0 Å². The molecule has 1 aromatic heterocycles. The zero-order valence-electron chi connectivity index (χ0n) is 17.0. The Morgan fingerprint density at radius 1 is 1.27 bits per heavy atom. The highest BCUT2D eigenvalue weighted by atomic mass is 19.1. The fourth-order valence-corrected chi connectivity index (χ4v) is 4.78. The second-order valence-electron chi connectivity index (χ2n) is 8.32. The molecule has 3 aromatic rings. The minimum Gasteiger partial charge on any atom is -0.337 e. The number of carbonyl (C=O) groups excluding carboxylic acids is 1. The van der Waals surface area contributed by atoms with Crippen LogP contribution in [-0.2, 0) is 11.3 Å². The van der Waals surface area contributed by atoms with E-state index in [1.165, 1.54) is 26.9 Å². The molecule has 2 aliphatic heterocycles. The predicted molar refractivity (Wildman–Crippen MR) is 110 cm³/mol. The van der Waals surface area contributed by atoms with Crippen LogP contribution < -0.4 is 9.80 Å². The van der Waals surface area contributed by atoms with Crippen molar-refractivity contribution >= 4 is 11.6 Å². The summed E-state index contributed by atoms with van der Waals surface area (Å²) >= 11 is 0. The van der Waals surface area contributed by atoms with E-state index in [1.807, 2.05) is 4.90 Å². The van der Waals surface area contributed by atoms with Crippen LogP contribution in [-0.4, -0.2) is 52.3 Å². The average Bonchev–Trinajstić information content (AvgIpc) is 3.30. The number of hydrogen-bond acceptors (Lipinski definition) is 4. The minimum atomic E-state index is -0.413. The first kappa shape index (κ1) is 18.9. The summed E-state index contributed by atoms with van der Waals surface area (Å²) in [6.07, 6.45) is 0.960. The van der Waals surface area contributed by atoms with Crippen LogP contribution in [0.4, 0.5) is 10.1 Å².